The van der Waals surface area contributed by atoms with Crippen LogP contribution in [0.15, 0.2) is 0 Å². The van der Waals surface area contributed by atoms with E-state index in [1.807, 2.05) is 0 Å². The van der Waals surface area contributed by atoms with Crippen molar-refractivity contribution in [2.45, 2.75) is 38.6 Å². The molecule has 0 aromatic carbocycles. The van der Waals surface area contributed by atoms with Gasteiger partial charge in [0.15, 0.2) is 0 Å². The Balaban J connectivity index is 2.49. The Bertz CT molecular complexity index is 186. The summed E-state index contributed by atoms with van der Waals surface area (Å²) in [5.74, 6) is 0.873. The van der Waals surface area contributed by atoms with Crippen molar-refractivity contribution in [1.29, 1.82) is 0 Å². The molecule has 1 aliphatic rings. The summed E-state index contributed by atoms with van der Waals surface area (Å²) in [6, 6.07) is 0. The van der Waals surface area contributed by atoms with Crippen LogP contribution < -0.4 is 5.73 Å². The van der Waals surface area contributed by atoms with E-state index < -0.39 is 0 Å². The molecule has 0 spiro atoms. The monoisotopic (exact) mass is 214 g/mol. The van der Waals surface area contributed by atoms with E-state index in [9.17, 15) is 0 Å². The highest BCUT2D eigenvalue weighted by Gasteiger charge is 2.35. The van der Waals surface area contributed by atoms with E-state index in [0.29, 0.717) is 6.54 Å². The Labute approximate surface area is 94.0 Å². The summed E-state index contributed by atoms with van der Waals surface area (Å²) in [7, 11) is 1.76. The number of likely N-dealkylation sites (tertiary alicyclic amines) is 1. The van der Waals surface area contributed by atoms with E-state index in [-0.39, 0.29) is 5.54 Å². The first-order valence-electron chi connectivity index (χ1n) is 6.10. The molecule has 0 aliphatic carbocycles. The predicted octanol–water partition coefficient (Wildman–Crippen LogP) is 1.47. The molecule has 3 nitrogen and oxygen atoms in total. The molecule has 0 saturated carbocycles. The highest BCUT2D eigenvalue weighted by Crippen LogP contribution is 2.27. The van der Waals surface area contributed by atoms with Crippen molar-refractivity contribution in [3.8, 4) is 0 Å². The molecule has 0 radical (unpaired) electrons. The van der Waals surface area contributed by atoms with Crippen LogP contribution in [0.4, 0.5) is 0 Å². The summed E-state index contributed by atoms with van der Waals surface area (Å²) in [5, 5.41) is 0. The third-order valence-electron chi connectivity index (χ3n) is 3.64. The van der Waals surface area contributed by atoms with Crippen LogP contribution in [0, 0.1) is 5.92 Å². The fourth-order valence-electron chi connectivity index (χ4n) is 2.56. The van der Waals surface area contributed by atoms with Crippen LogP contribution in [0.2, 0.25) is 0 Å². The first-order valence-corrected chi connectivity index (χ1v) is 6.10. The Kier molecular flexibility index (Phi) is 5.03. The van der Waals surface area contributed by atoms with Crippen LogP contribution in [0.5, 0.6) is 0 Å². The lowest BCUT2D eigenvalue weighted by molar-refractivity contribution is 0.0397. The molecular formula is C12H26N2O. The number of hydrogen-bond acceptors (Lipinski definition) is 3. The van der Waals surface area contributed by atoms with Crippen molar-refractivity contribution in [1.82, 2.24) is 4.90 Å². The summed E-state index contributed by atoms with van der Waals surface area (Å²) in [5.41, 5.74) is 5.91. The maximum absolute atomic E-state index is 5.87. The van der Waals surface area contributed by atoms with Crippen LogP contribution in [-0.4, -0.2) is 43.8 Å². The zero-order valence-electron chi connectivity index (χ0n) is 10.5. The van der Waals surface area contributed by atoms with Gasteiger partial charge in [0.25, 0.3) is 0 Å². The second kappa shape index (κ2) is 5.83. The second-order valence-corrected chi connectivity index (χ2v) is 5.02. The van der Waals surface area contributed by atoms with Crippen molar-refractivity contribution in [3.63, 3.8) is 0 Å². The minimum atomic E-state index is 0.0389. The van der Waals surface area contributed by atoms with Gasteiger partial charge in [-0.05, 0) is 32.2 Å². The minimum Gasteiger partial charge on any atom is -0.383 e. The van der Waals surface area contributed by atoms with E-state index >= 15 is 0 Å². The highest BCUT2D eigenvalue weighted by molar-refractivity contribution is 4.91. The fraction of sp³-hybridized carbons (Fsp3) is 1.00. The lowest BCUT2D eigenvalue weighted by Gasteiger charge is -2.37. The maximum Gasteiger partial charge on any atom is 0.0656 e. The standard InChI is InChI=1S/C12H26N2O/c1-4-5-11-6-7-14(8-11)12(2,9-13)10-15-3/h11H,4-10,13H2,1-3H3. The SMILES string of the molecule is CCCC1CCN(C(C)(CN)COC)C1. The topological polar surface area (TPSA) is 38.5 Å². The Morgan fingerprint density at radius 2 is 2.27 bits per heavy atom. The lowest BCUT2D eigenvalue weighted by atomic mass is 10.0. The molecule has 1 rings (SSSR count). The fourth-order valence-corrected chi connectivity index (χ4v) is 2.56. The van der Waals surface area contributed by atoms with Crippen molar-refractivity contribution >= 4 is 0 Å². The van der Waals surface area contributed by atoms with Gasteiger partial charge in [-0.15, -0.1) is 0 Å². The van der Waals surface area contributed by atoms with Crippen molar-refractivity contribution < 1.29 is 4.74 Å². The molecular weight excluding hydrogens is 188 g/mol. The third kappa shape index (κ3) is 3.16. The summed E-state index contributed by atoms with van der Waals surface area (Å²) in [6.45, 7) is 8.28. The van der Waals surface area contributed by atoms with Crippen LogP contribution in [-0.2, 0) is 4.74 Å². The van der Waals surface area contributed by atoms with E-state index in [2.05, 4.69) is 18.7 Å². The number of nitrogens with two attached hydrogens (primary N) is 1. The number of rotatable bonds is 6. The average Bonchev–Trinajstić information content (AvgIpc) is 2.68. The first-order chi connectivity index (χ1) is 7.16. The summed E-state index contributed by atoms with van der Waals surface area (Å²) >= 11 is 0. The maximum atomic E-state index is 5.87. The van der Waals surface area contributed by atoms with Gasteiger partial charge >= 0.3 is 0 Å². The quantitative estimate of drug-likeness (QED) is 0.728. The van der Waals surface area contributed by atoms with Gasteiger partial charge in [-0.25, -0.2) is 0 Å². The number of nitrogens with zero attached hydrogens (tertiary/aromatic N) is 1. The molecule has 2 unspecified atom stereocenters. The van der Waals surface area contributed by atoms with Crippen LogP contribution in [0.25, 0.3) is 0 Å². The Morgan fingerprint density at radius 1 is 1.53 bits per heavy atom. The lowest BCUT2D eigenvalue weighted by Crippen LogP contribution is -2.53. The van der Waals surface area contributed by atoms with E-state index in [1.165, 1.54) is 32.4 Å². The second-order valence-electron chi connectivity index (χ2n) is 5.02. The summed E-state index contributed by atoms with van der Waals surface area (Å²) in [6.07, 6.45) is 3.97. The van der Waals surface area contributed by atoms with Crippen LogP contribution >= 0.6 is 0 Å². The number of ether oxygens (including phenoxy) is 1. The highest BCUT2D eigenvalue weighted by atomic mass is 16.5. The molecule has 1 fully saturated rings. The van der Waals surface area contributed by atoms with E-state index in [0.717, 1.165) is 12.5 Å². The van der Waals surface area contributed by atoms with Gasteiger partial charge in [-0.3, -0.25) is 4.90 Å². The van der Waals surface area contributed by atoms with E-state index in [4.69, 9.17) is 10.5 Å². The van der Waals surface area contributed by atoms with Gasteiger partial charge in [-0.2, -0.15) is 0 Å². The zero-order valence-corrected chi connectivity index (χ0v) is 10.5. The Hall–Kier alpha value is -0.120. The molecule has 2 N–H and O–H groups in total. The smallest absolute Gasteiger partial charge is 0.0656 e. The normalized spacial score (nSPS) is 26.8. The van der Waals surface area contributed by atoms with Crippen LogP contribution in [0.1, 0.15) is 33.1 Å². The minimum absolute atomic E-state index is 0.0389. The summed E-state index contributed by atoms with van der Waals surface area (Å²) in [4.78, 5) is 2.51. The molecule has 1 saturated heterocycles. The largest absolute Gasteiger partial charge is 0.383 e. The number of methoxy groups -OCH3 is 1. The van der Waals surface area contributed by atoms with Gasteiger partial charge in [0, 0.05) is 20.2 Å². The molecule has 3 heteroatoms. The molecule has 90 valence electrons. The molecule has 1 aliphatic heterocycles. The zero-order chi connectivity index (χ0) is 11.3. The van der Waals surface area contributed by atoms with Crippen molar-refractivity contribution in [2.75, 3.05) is 33.4 Å². The van der Waals surface area contributed by atoms with Gasteiger partial charge in [0.05, 0.1) is 12.1 Å². The molecule has 2 atom stereocenters. The van der Waals surface area contributed by atoms with Crippen molar-refractivity contribution in [3.05, 3.63) is 0 Å². The predicted molar refractivity (Wildman–Crippen MR) is 63.9 cm³/mol. The van der Waals surface area contributed by atoms with Crippen molar-refractivity contribution in [2.24, 2.45) is 11.7 Å². The third-order valence-corrected chi connectivity index (χ3v) is 3.64. The molecule has 0 aromatic heterocycles. The molecule has 15 heavy (non-hydrogen) atoms. The first kappa shape index (κ1) is 12.9. The molecule has 0 aromatic rings. The molecule has 0 bridgehead atoms. The number of hydrogen-bond donors (Lipinski definition) is 1. The average molecular weight is 214 g/mol. The molecule has 0 amide bonds. The van der Waals surface area contributed by atoms with Crippen LogP contribution in [0.3, 0.4) is 0 Å². The van der Waals surface area contributed by atoms with Gasteiger partial charge in [0.1, 0.15) is 0 Å². The van der Waals surface area contributed by atoms with E-state index in [1.54, 1.807) is 7.11 Å². The van der Waals surface area contributed by atoms with Gasteiger partial charge in [-0.1, -0.05) is 13.3 Å². The van der Waals surface area contributed by atoms with Gasteiger partial charge in [0.2, 0.25) is 0 Å². The van der Waals surface area contributed by atoms with Gasteiger partial charge < -0.3 is 10.5 Å². The molecule has 1 heterocycles. The summed E-state index contributed by atoms with van der Waals surface area (Å²) < 4.78 is 5.28. The Morgan fingerprint density at radius 3 is 2.80 bits per heavy atom.